The van der Waals surface area contributed by atoms with Crippen molar-refractivity contribution in [3.63, 3.8) is 0 Å². The van der Waals surface area contributed by atoms with Crippen LogP contribution in [0, 0.1) is 6.92 Å². The fraction of sp³-hybridized carbons (Fsp3) is 0.438. The molecule has 1 amide bonds. The molecule has 9 heteroatoms. The maximum absolute atomic E-state index is 12.4. The third kappa shape index (κ3) is 4.84. The minimum Gasteiger partial charge on any atom is -0.378 e. The third-order valence-electron chi connectivity index (χ3n) is 3.78. The molecule has 1 aromatic carbocycles. The van der Waals surface area contributed by atoms with E-state index in [9.17, 15) is 4.79 Å². The number of carbonyl (C=O) groups is 1. The molecule has 1 N–H and O–H groups in total. The molecule has 0 aliphatic carbocycles. The summed E-state index contributed by atoms with van der Waals surface area (Å²) in [4.78, 5) is 14.3. The highest BCUT2D eigenvalue weighted by molar-refractivity contribution is 8.02. The molecule has 1 saturated heterocycles. The Morgan fingerprint density at radius 1 is 1.40 bits per heavy atom. The van der Waals surface area contributed by atoms with Crippen molar-refractivity contribution in [3.8, 4) is 0 Å². The molecule has 1 unspecified atom stereocenters. The van der Waals surface area contributed by atoms with Crippen molar-refractivity contribution in [1.29, 1.82) is 0 Å². The number of anilines is 2. The summed E-state index contributed by atoms with van der Waals surface area (Å²) in [5.41, 5.74) is 1.89. The van der Waals surface area contributed by atoms with Gasteiger partial charge in [-0.05, 0) is 31.5 Å². The van der Waals surface area contributed by atoms with Crippen LogP contribution in [0.25, 0.3) is 0 Å². The van der Waals surface area contributed by atoms with Gasteiger partial charge in [-0.1, -0.05) is 40.8 Å². The van der Waals surface area contributed by atoms with Crippen LogP contribution in [0.5, 0.6) is 0 Å². The second-order valence-electron chi connectivity index (χ2n) is 5.66. The topological polar surface area (TPSA) is 67.4 Å². The molecular formula is C16H19ClN4O2S2. The molecule has 0 spiro atoms. The number of hydrogen-bond acceptors (Lipinski definition) is 7. The molecule has 3 rings (SSSR count). The van der Waals surface area contributed by atoms with Gasteiger partial charge in [-0.25, -0.2) is 0 Å². The van der Waals surface area contributed by atoms with Crippen LogP contribution >= 0.6 is 34.7 Å². The quantitative estimate of drug-likeness (QED) is 0.776. The average Bonchev–Trinajstić information content (AvgIpc) is 3.05. The van der Waals surface area contributed by atoms with Crippen molar-refractivity contribution in [1.82, 2.24) is 15.1 Å². The standard InChI is InChI=1S/C16H19ClN4O2S2/c1-10-3-4-12(9-13(10)17)18-15-19-20-16(25-15)24-11(2)14(22)21-5-7-23-8-6-21/h3-4,9,11H,5-8H2,1-2H3,(H,18,19). The van der Waals surface area contributed by atoms with Crippen LogP contribution in [0.15, 0.2) is 22.5 Å². The molecule has 0 radical (unpaired) electrons. The van der Waals surface area contributed by atoms with Crippen LogP contribution in [-0.2, 0) is 9.53 Å². The van der Waals surface area contributed by atoms with E-state index >= 15 is 0 Å². The van der Waals surface area contributed by atoms with Crippen LogP contribution in [0.4, 0.5) is 10.8 Å². The normalized spacial score (nSPS) is 15.9. The van der Waals surface area contributed by atoms with E-state index in [4.69, 9.17) is 16.3 Å². The van der Waals surface area contributed by atoms with Crippen molar-refractivity contribution in [2.24, 2.45) is 0 Å². The number of rotatable bonds is 5. The molecule has 1 aromatic heterocycles. The molecular weight excluding hydrogens is 380 g/mol. The molecule has 134 valence electrons. The van der Waals surface area contributed by atoms with E-state index in [0.717, 1.165) is 15.6 Å². The van der Waals surface area contributed by atoms with Crippen LogP contribution in [0.3, 0.4) is 0 Å². The van der Waals surface area contributed by atoms with Crippen LogP contribution in [-0.4, -0.2) is 52.6 Å². The molecule has 1 fully saturated rings. The van der Waals surface area contributed by atoms with E-state index in [1.54, 1.807) is 0 Å². The van der Waals surface area contributed by atoms with Crippen molar-refractivity contribution in [2.45, 2.75) is 23.4 Å². The molecule has 0 bridgehead atoms. The van der Waals surface area contributed by atoms with E-state index in [-0.39, 0.29) is 11.2 Å². The van der Waals surface area contributed by atoms with Crippen molar-refractivity contribution in [3.05, 3.63) is 28.8 Å². The maximum Gasteiger partial charge on any atom is 0.236 e. The zero-order valence-corrected chi connectivity index (χ0v) is 16.4. The van der Waals surface area contributed by atoms with Crippen molar-refractivity contribution in [2.75, 3.05) is 31.6 Å². The van der Waals surface area contributed by atoms with Crippen LogP contribution in [0.2, 0.25) is 5.02 Å². The van der Waals surface area contributed by atoms with E-state index in [2.05, 4.69) is 15.5 Å². The summed E-state index contributed by atoms with van der Waals surface area (Å²) in [6, 6.07) is 5.75. The largest absolute Gasteiger partial charge is 0.378 e. The number of nitrogens with zero attached hydrogens (tertiary/aromatic N) is 3. The maximum atomic E-state index is 12.4. The first-order valence-electron chi connectivity index (χ1n) is 7.93. The predicted molar refractivity (Wildman–Crippen MR) is 102 cm³/mol. The van der Waals surface area contributed by atoms with Crippen LogP contribution in [0.1, 0.15) is 12.5 Å². The van der Waals surface area contributed by atoms with Crippen molar-refractivity contribution >= 4 is 51.4 Å². The first kappa shape index (κ1) is 18.4. The number of nitrogens with one attached hydrogen (secondary N) is 1. The van der Waals surface area contributed by atoms with E-state index in [0.29, 0.717) is 36.5 Å². The molecule has 25 heavy (non-hydrogen) atoms. The number of morpholine rings is 1. The summed E-state index contributed by atoms with van der Waals surface area (Å²) < 4.78 is 6.04. The number of benzene rings is 1. The summed E-state index contributed by atoms with van der Waals surface area (Å²) in [7, 11) is 0. The van der Waals surface area contributed by atoms with Gasteiger partial charge in [0.1, 0.15) is 0 Å². The minimum absolute atomic E-state index is 0.114. The average molecular weight is 399 g/mol. The summed E-state index contributed by atoms with van der Waals surface area (Å²) >= 11 is 8.99. The number of ether oxygens (including phenoxy) is 1. The summed E-state index contributed by atoms with van der Waals surface area (Å²) in [5.74, 6) is 0.114. The zero-order chi connectivity index (χ0) is 17.8. The molecule has 2 aromatic rings. The zero-order valence-electron chi connectivity index (χ0n) is 14.0. The lowest BCUT2D eigenvalue weighted by molar-refractivity contribution is -0.134. The van der Waals surface area contributed by atoms with Gasteiger partial charge in [0.05, 0.1) is 18.5 Å². The highest BCUT2D eigenvalue weighted by Gasteiger charge is 2.24. The number of aromatic nitrogens is 2. The van der Waals surface area contributed by atoms with E-state index in [1.165, 1.54) is 23.1 Å². The van der Waals surface area contributed by atoms with Gasteiger partial charge in [0.25, 0.3) is 0 Å². The smallest absolute Gasteiger partial charge is 0.236 e. The van der Waals surface area contributed by atoms with Gasteiger partial charge in [-0.3, -0.25) is 4.79 Å². The van der Waals surface area contributed by atoms with E-state index in [1.807, 2.05) is 36.9 Å². The molecule has 6 nitrogen and oxygen atoms in total. The molecule has 0 saturated carbocycles. The first-order chi connectivity index (χ1) is 12.0. The Bertz CT molecular complexity index is 749. The van der Waals surface area contributed by atoms with Crippen LogP contribution < -0.4 is 5.32 Å². The highest BCUT2D eigenvalue weighted by Crippen LogP contribution is 2.32. The lowest BCUT2D eigenvalue weighted by Crippen LogP contribution is -2.44. The second kappa shape index (κ2) is 8.35. The third-order valence-corrected chi connectivity index (χ3v) is 6.20. The highest BCUT2D eigenvalue weighted by atomic mass is 35.5. The fourth-order valence-corrected chi connectivity index (χ4v) is 4.53. The van der Waals surface area contributed by atoms with E-state index < -0.39 is 0 Å². The number of carbonyl (C=O) groups excluding carboxylic acids is 1. The Balaban J connectivity index is 1.59. The Hall–Kier alpha value is -1.35. The Morgan fingerprint density at radius 3 is 2.88 bits per heavy atom. The molecule has 1 aliphatic heterocycles. The Morgan fingerprint density at radius 2 is 2.16 bits per heavy atom. The number of amides is 1. The van der Waals surface area contributed by atoms with Gasteiger partial charge in [0.2, 0.25) is 11.0 Å². The van der Waals surface area contributed by atoms with Gasteiger partial charge < -0.3 is 15.0 Å². The van der Waals surface area contributed by atoms with Gasteiger partial charge in [0, 0.05) is 23.8 Å². The first-order valence-corrected chi connectivity index (χ1v) is 10.00. The minimum atomic E-state index is -0.201. The monoisotopic (exact) mass is 398 g/mol. The molecule has 1 atom stereocenters. The molecule has 2 heterocycles. The van der Waals surface area contributed by atoms with Gasteiger partial charge in [-0.15, -0.1) is 10.2 Å². The lowest BCUT2D eigenvalue weighted by atomic mass is 10.2. The van der Waals surface area contributed by atoms with Gasteiger partial charge >= 0.3 is 0 Å². The number of halogens is 1. The summed E-state index contributed by atoms with van der Waals surface area (Å²) in [6.07, 6.45) is 0. The number of thioether (sulfide) groups is 1. The Kier molecular flexibility index (Phi) is 6.16. The summed E-state index contributed by atoms with van der Waals surface area (Å²) in [5, 5.41) is 12.7. The van der Waals surface area contributed by atoms with Gasteiger partial charge in [0.15, 0.2) is 4.34 Å². The Labute approximate surface area is 159 Å². The number of hydrogen-bond donors (Lipinski definition) is 1. The second-order valence-corrected chi connectivity index (χ2v) is 8.63. The lowest BCUT2D eigenvalue weighted by Gasteiger charge is -2.28. The number of aryl methyl sites for hydroxylation is 1. The molecule has 1 aliphatic rings. The van der Waals surface area contributed by atoms with Crippen molar-refractivity contribution < 1.29 is 9.53 Å². The van der Waals surface area contributed by atoms with Gasteiger partial charge in [-0.2, -0.15) is 0 Å². The predicted octanol–water partition coefficient (Wildman–Crippen LogP) is 3.58. The fourth-order valence-electron chi connectivity index (χ4n) is 2.34. The summed E-state index contributed by atoms with van der Waals surface area (Å²) in [6.45, 7) is 6.38. The SMILES string of the molecule is Cc1ccc(Nc2nnc(SC(C)C(=O)N3CCOCC3)s2)cc1Cl.